The molecule has 0 spiro atoms. The van der Waals surface area contributed by atoms with Crippen molar-refractivity contribution >= 4 is 0 Å². The number of hydrogen-bond donors (Lipinski definition) is 1. The molecule has 0 saturated carbocycles. The predicted octanol–water partition coefficient (Wildman–Crippen LogP) is 2.10. The molecule has 0 radical (unpaired) electrons. The molecular weight excluding hydrogens is 340 g/mol. The number of hydrogen-bond acceptors (Lipinski definition) is 5. The van der Waals surface area contributed by atoms with E-state index in [1.165, 1.54) is 25.5 Å². The number of aryl methyl sites for hydroxylation is 1. The van der Waals surface area contributed by atoms with Gasteiger partial charge in [-0.2, -0.15) is 5.10 Å². The van der Waals surface area contributed by atoms with E-state index in [0.29, 0.717) is 12.6 Å². The molecule has 4 rings (SSSR count). The second-order valence-electron chi connectivity index (χ2n) is 7.13. The van der Waals surface area contributed by atoms with Crippen LogP contribution in [0.2, 0.25) is 0 Å². The molecule has 0 amide bonds. The van der Waals surface area contributed by atoms with Gasteiger partial charge in [0.2, 0.25) is 5.56 Å². The van der Waals surface area contributed by atoms with Crippen LogP contribution in [-0.2, 0) is 13.0 Å². The van der Waals surface area contributed by atoms with Crippen molar-refractivity contribution in [1.29, 1.82) is 0 Å². The Labute approximate surface area is 158 Å². The van der Waals surface area contributed by atoms with Crippen LogP contribution >= 0.6 is 0 Å². The third-order valence-corrected chi connectivity index (χ3v) is 5.19. The fraction of sp³-hybridized carbons (Fsp3) is 0.400. The molecular formula is C20H24N6O. The first-order valence-corrected chi connectivity index (χ1v) is 9.41. The molecule has 1 aliphatic rings. The van der Waals surface area contributed by atoms with Gasteiger partial charge in [0, 0.05) is 42.7 Å². The molecule has 1 N–H and O–H groups in total. The summed E-state index contributed by atoms with van der Waals surface area (Å²) in [6.45, 7) is 1.77. The minimum atomic E-state index is -0.124. The van der Waals surface area contributed by atoms with Crippen molar-refractivity contribution in [1.82, 2.24) is 29.6 Å². The topological polar surface area (TPSA) is 79.7 Å². The molecule has 4 heterocycles. The average molecular weight is 364 g/mol. The van der Waals surface area contributed by atoms with Gasteiger partial charge in [0.25, 0.3) is 0 Å². The van der Waals surface area contributed by atoms with E-state index < -0.39 is 0 Å². The van der Waals surface area contributed by atoms with E-state index in [-0.39, 0.29) is 5.56 Å². The Hall–Kier alpha value is -2.80. The average Bonchev–Trinajstić information content (AvgIpc) is 3.27. The third-order valence-electron chi connectivity index (χ3n) is 5.19. The molecule has 1 aliphatic heterocycles. The molecule has 3 aromatic rings. The highest BCUT2D eigenvalue weighted by atomic mass is 16.1. The minimum Gasteiger partial charge on any atom is -0.328 e. The molecule has 1 fully saturated rings. The summed E-state index contributed by atoms with van der Waals surface area (Å²) >= 11 is 0. The van der Waals surface area contributed by atoms with Crippen LogP contribution < -0.4 is 5.56 Å². The highest BCUT2D eigenvalue weighted by molar-refractivity contribution is 5.53. The fourth-order valence-corrected chi connectivity index (χ4v) is 3.67. The van der Waals surface area contributed by atoms with Crippen LogP contribution in [0.4, 0.5) is 0 Å². The molecule has 0 bridgehead atoms. The smallest absolute Gasteiger partial charge is 0.247 e. The van der Waals surface area contributed by atoms with Crippen LogP contribution in [0.15, 0.2) is 47.7 Å². The monoisotopic (exact) mass is 364 g/mol. The lowest BCUT2D eigenvalue weighted by atomic mass is 10.1. The summed E-state index contributed by atoms with van der Waals surface area (Å²) in [4.78, 5) is 25.5. The lowest BCUT2D eigenvalue weighted by Gasteiger charge is -2.18. The number of aromatic amines is 1. The molecule has 1 unspecified atom stereocenters. The van der Waals surface area contributed by atoms with E-state index in [4.69, 9.17) is 10.1 Å². The molecule has 7 nitrogen and oxygen atoms in total. The van der Waals surface area contributed by atoms with Crippen LogP contribution in [0.3, 0.4) is 0 Å². The first-order valence-electron chi connectivity index (χ1n) is 9.41. The quantitative estimate of drug-likeness (QED) is 0.725. The van der Waals surface area contributed by atoms with Gasteiger partial charge in [0.1, 0.15) is 0 Å². The van der Waals surface area contributed by atoms with Crippen LogP contribution in [0.25, 0.3) is 11.4 Å². The van der Waals surface area contributed by atoms with Crippen molar-refractivity contribution in [3.8, 4) is 11.4 Å². The Kier molecular flexibility index (Phi) is 5.11. The maximum atomic E-state index is 11.4. The summed E-state index contributed by atoms with van der Waals surface area (Å²) in [5.74, 6) is 1.62. The Balaban J connectivity index is 1.59. The first-order chi connectivity index (χ1) is 13.2. The summed E-state index contributed by atoms with van der Waals surface area (Å²) in [5.41, 5.74) is 1.80. The van der Waals surface area contributed by atoms with E-state index in [9.17, 15) is 4.79 Å². The molecule has 1 saturated heterocycles. The van der Waals surface area contributed by atoms with Gasteiger partial charge in [0.05, 0.1) is 6.54 Å². The fourth-order valence-electron chi connectivity index (χ4n) is 3.67. The zero-order valence-electron chi connectivity index (χ0n) is 15.5. The number of aromatic nitrogens is 5. The van der Waals surface area contributed by atoms with Gasteiger partial charge in [-0.25, -0.2) is 9.67 Å². The summed E-state index contributed by atoms with van der Waals surface area (Å²) in [6.07, 6.45) is 9.74. The van der Waals surface area contributed by atoms with Gasteiger partial charge in [-0.05, 0) is 50.6 Å². The number of likely N-dealkylation sites (tertiary alicyclic amines) is 1. The van der Waals surface area contributed by atoms with Crippen LogP contribution in [0.5, 0.6) is 0 Å². The Bertz CT molecular complexity index is 928. The van der Waals surface area contributed by atoms with E-state index in [1.807, 2.05) is 23.0 Å². The highest BCUT2D eigenvalue weighted by Crippen LogP contribution is 2.21. The molecule has 0 aliphatic carbocycles. The second-order valence-corrected chi connectivity index (χ2v) is 7.13. The summed E-state index contributed by atoms with van der Waals surface area (Å²) in [6, 6.07) is 7.87. The molecule has 1 atom stereocenters. The SMILES string of the molecule is CN1CCCC1CCc1nc(-c2ccc(=O)[nH]c2)n(Cc2cccnc2)n1. The third kappa shape index (κ3) is 4.14. The van der Waals surface area contributed by atoms with Crippen molar-refractivity contribution in [3.63, 3.8) is 0 Å². The molecule has 27 heavy (non-hydrogen) atoms. The summed E-state index contributed by atoms with van der Waals surface area (Å²) < 4.78 is 1.90. The van der Waals surface area contributed by atoms with Crippen LogP contribution in [0.1, 0.15) is 30.7 Å². The second kappa shape index (κ2) is 7.84. The van der Waals surface area contributed by atoms with E-state index in [2.05, 4.69) is 21.9 Å². The minimum absolute atomic E-state index is 0.124. The van der Waals surface area contributed by atoms with Crippen molar-refractivity contribution in [2.24, 2.45) is 0 Å². The number of nitrogens with one attached hydrogen (secondary N) is 1. The largest absolute Gasteiger partial charge is 0.328 e. The zero-order chi connectivity index (χ0) is 18.6. The van der Waals surface area contributed by atoms with Crippen LogP contribution in [-0.4, -0.2) is 49.3 Å². The maximum absolute atomic E-state index is 11.4. The standard InChI is InChI=1S/C20H24N6O/c1-25-11-3-5-17(25)7-8-18-23-20(16-6-9-19(27)22-13-16)26(24-18)14-15-4-2-10-21-12-15/h2,4,6,9-10,12-13,17H,3,5,7-8,11,14H2,1H3,(H,22,27). The number of nitrogens with zero attached hydrogens (tertiary/aromatic N) is 5. The van der Waals surface area contributed by atoms with Crippen LogP contribution in [0, 0.1) is 0 Å². The Morgan fingerprint density at radius 1 is 1.30 bits per heavy atom. The maximum Gasteiger partial charge on any atom is 0.247 e. The van der Waals surface area contributed by atoms with Crippen molar-refractivity contribution in [2.75, 3.05) is 13.6 Å². The zero-order valence-corrected chi connectivity index (χ0v) is 15.5. The van der Waals surface area contributed by atoms with Gasteiger partial charge in [-0.3, -0.25) is 9.78 Å². The first kappa shape index (κ1) is 17.6. The Morgan fingerprint density at radius 2 is 2.22 bits per heavy atom. The van der Waals surface area contributed by atoms with Gasteiger partial charge < -0.3 is 9.88 Å². The normalized spacial score (nSPS) is 17.4. The number of pyridine rings is 2. The van der Waals surface area contributed by atoms with Gasteiger partial charge >= 0.3 is 0 Å². The molecule has 3 aromatic heterocycles. The van der Waals surface area contributed by atoms with Gasteiger partial charge in [-0.15, -0.1) is 0 Å². The predicted molar refractivity (Wildman–Crippen MR) is 103 cm³/mol. The Morgan fingerprint density at radius 3 is 2.93 bits per heavy atom. The van der Waals surface area contributed by atoms with E-state index >= 15 is 0 Å². The van der Waals surface area contributed by atoms with Crippen molar-refractivity contribution in [2.45, 2.75) is 38.3 Å². The highest BCUT2D eigenvalue weighted by Gasteiger charge is 2.21. The summed E-state index contributed by atoms with van der Waals surface area (Å²) in [5, 5.41) is 4.76. The summed E-state index contributed by atoms with van der Waals surface area (Å²) in [7, 11) is 2.19. The van der Waals surface area contributed by atoms with Crippen molar-refractivity contribution in [3.05, 3.63) is 64.6 Å². The number of rotatable bonds is 6. The van der Waals surface area contributed by atoms with Gasteiger partial charge in [-0.1, -0.05) is 6.07 Å². The van der Waals surface area contributed by atoms with Crippen molar-refractivity contribution < 1.29 is 0 Å². The lowest BCUT2D eigenvalue weighted by Crippen LogP contribution is -2.25. The number of H-pyrrole nitrogens is 1. The molecule has 140 valence electrons. The van der Waals surface area contributed by atoms with E-state index in [0.717, 1.165) is 35.6 Å². The van der Waals surface area contributed by atoms with Gasteiger partial charge in [0.15, 0.2) is 11.6 Å². The van der Waals surface area contributed by atoms with E-state index in [1.54, 1.807) is 18.5 Å². The lowest BCUT2D eigenvalue weighted by molar-refractivity contribution is 0.295. The molecule has 7 heteroatoms. The molecule has 0 aromatic carbocycles.